The number of hydrogen-bond acceptors (Lipinski definition) is 3. The molecule has 0 amide bonds. The zero-order chi connectivity index (χ0) is 13.9. The smallest absolute Gasteiger partial charge is 0.227 e. The summed E-state index contributed by atoms with van der Waals surface area (Å²) in [6.45, 7) is 4.61. The number of para-hydroxylation sites is 1. The molecule has 3 nitrogen and oxygen atoms in total. The number of anilines is 2. The van der Waals surface area contributed by atoms with E-state index in [1.54, 1.807) is 0 Å². The minimum Gasteiger partial charge on any atom is -0.324 e. The maximum absolute atomic E-state index is 4.68. The maximum atomic E-state index is 4.68. The summed E-state index contributed by atoms with van der Waals surface area (Å²) in [5.41, 5.74) is 3.58. The first-order valence-electron chi connectivity index (χ1n) is 7.39. The fourth-order valence-corrected chi connectivity index (χ4v) is 2.82. The van der Waals surface area contributed by atoms with Crippen molar-refractivity contribution in [3.63, 3.8) is 0 Å². The highest BCUT2D eigenvalue weighted by atomic mass is 15.1. The number of hydrogen-bond donors (Lipinski definition) is 1. The van der Waals surface area contributed by atoms with E-state index in [1.807, 2.05) is 36.5 Å². The van der Waals surface area contributed by atoms with Crippen molar-refractivity contribution in [2.45, 2.75) is 33.1 Å². The van der Waals surface area contributed by atoms with Crippen LogP contribution in [-0.4, -0.2) is 9.97 Å². The summed E-state index contributed by atoms with van der Waals surface area (Å²) in [5.74, 6) is 2.22. The molecule has 104 valence electrons. The molecule has 3 heteroatoms. The molecule has 1 heterocycles. The lowest BCUT2D eigenvalue weighted by Gasteiger charge is -2.26. The molecule has 0 bridgehead atoms. The second kappa shape index (κ2) is 5.61. The minimum atomic E-state index is 0.706. The van der Waals surface area contributed by atoms with Crippen LogP contribution in [0.4, 0.5) is 11.6 Å². The van der Waals surface area contributed by atoms with Crippen molar-refractivity contribution in [1.29, 1.82) is 0 Å². The van der Waals surface area contributed by atoms with Crippen LogP contribution in [-0.2, 0) is 12.8 Å². The Hall–Kier alpha value is -1.90. The molecule has 1 unspecified atom stereocenters. The Morgan fingerprint density at radius 3 is 2.75 bits per heavy atom. The van der Waals surface area contributed by atoms with Gasteiger partial charge in [0.2, 0.25) is 5.95 Å². The Kier molecular flexibility index (Phi) is 3.68. The molecule has 0 radical (unpaired) electrons. The van der Waals surface area contributed by atoms with Gasteiger partial charge in [0.1, 0.15) is 0 Å². The Morgan fingerprint density at radius 1 is 1.20 bits per heavy atom. The van der Waals surface area contributed by atoms with Gasteiger partial charge in [0.15, 0.2) is 0 Å². The molecule has 0 spiro atoms. The molecule has 1 aromatic heterocycles. The molecule has 1 N–H and O–H groups in total. The fourth-order valence-electron chi connectivity index (χ4n) is 2.82. The summed E-state index contributed by atoms with van der Waals surface area (Å²) < 4.78 is 0. The summed E-state index contributed by atoms with van der Waals surface area (Å²) in [4.78, 5) is 9.14. The molecule has 1 aliphatic rings. The molecule has 0 aliphatic heterocycles. The van der Waals surface area contributed by atoms with Crippen LogP contribution in [0.2, 0.25) is 0 Å². The SMILES string of the molecule is CC(C)C1CCc2nc(Nc3ccccc3)ncc2C1. The quantitative estimate of drug-likeness (QED) is 0.914. The molecular weight excluding hydrogens is 246 g/mol. The average Bonchev–Trinajstić information content (AvgIpc) is 2.47. The van der Waals surface area contributed by atoms with Crippen LogP contribution >= 0.6 is 0 Å². The number of aromatic nitrogens is 2. The van der Waals surface area contributed by atoms with E-state index in [2.05, 4.69) is 29.1 Å². The zero-order valence-corrected chi connectivity index (χ0v) is 12.1. The summed E-state index contributed by atoms with van der Waals surface area (Å²) in [6.07, 6.45) is 5.44. The molecule has 0 saturated heterocycles. The van der Waals surface area contributed by atoms with Crippen molar-refractivity contribution in [1.82, 2.24) is 9.97 Å². The lowest BCUT2D eigenvalue weighted by Crippen LogP contribution is -2.20. The third-order valence-electron chi connectivity index (χ3n) is 4.16. The van der Waals surface area contributed by atoms with Gasteiger partial charge < -0.3 is 5.32 Å². The van der Waals surface area contributed by atoms with Crippen LogP contribution in [0.25, 0.3) is 0 Å². The number of fused-ring (bicyclic) bond motifs is 1. The van der Waals surface area contributed by atoms with Gasteiger partial charge in [-0.05, 0) is 48.8 Å². The lowest BCUT2D eigenvalue weighted by atomic mass is 9.80. The van der Waals surface area contributed by atoms with Gasteiger partial charge in [-0.15, -0.1) is 0 Å². The first-order valence-corrected chi connectivity index (χ1v) is 7.39. The van der Waals surface area contributed by atoms with E-state index in [0.29, 0.717) is 5.95 Å². The third kappa shape index (κ3) is 2.82. The van der Waals surface area contributed by atoms with E-state index in [0.717, 1.165) is 30.4 Å². The highest BCUT2D eigenvalue weighted by molar-refractivity contribution is 5.52. The summed E-state index contributed by atoms with van der Waals surface area (Å²) in [5, 5.41) is 3.27. The molecule has 1 aliphatic carbocycles. The van der Waals surface area contributed by atoms with Crippen molar-refractivity contribution < 1.29 is 0 Å². The van der Waals surface area contributed by atoms with Gasteiger partial charge in [-0.3, -0.25) is 0 Å². The van der Waals surface area contributed by atoms with Crippen LogP contribution in [0.3, 0.4) is 0 Å². The van der Waals surface area contributed by atoms with E-state index in [-0.39, 0.29) is 0 Å². The fraction of sp³-hybridized carbons (Fsp3) is 0.412. The predicted molar refractivity (Wildman–Crippen MR) is 82.1 cm³/mol. The van der Waals surface area contributed by atoms with Crippen LogP contribution in [0.5, 0.6) is 0 Å². The number of aryl methyl sites for hydroxylation is 1. The first kappa shape index (κ1) is 13.1. The molecule has 2 aromatic rings. The van der Waals surface area contributed by atoms with Crippen molar-refractivity contribution in [3.8, 4) is 0 Å². The van der Waals surface area contributed by atoms with E-state index in [4.69, 9.17) is 0 Å². The van der Waals surface area contributed by atoms with E-state index in [1.165, 1.54) is 17.7 Å². The summed E-state index contributed by atoms with van der Waals surface area (Å²) >= 11 is 0. The number of rotatable bonds is 3. The van der Waals surface area contributed by atoms with E-state index < -0.39 is 0 Å². The maximum Gasteiger partial charge on any atom is 0.227 e. The largest absolute Gasteiger partial charge is 0.324 e. The van der Waals surface area contributed by atoms with Crippen LogP contribution in [0.15, 0.2) is 36.5 Å². The standard InChI is InChI=1S/C17H21N3/c1-12(2)13-8-9-16-14(10-13)11-18-17(20-16)19-15-6-4-3-5-7-15/h3-7,11-13H,8-10H2,1-2H3,(H,18,19,20). The second-order valence-electron chi connectivity index (χ2n) is 5.90. The number of nitrogens with zero attached hydrogens (tertiary/aromatic N) is 2. The molecule has 1 atom stereocenters. The Labute approximate surface area is 120 Å². The molecule has 1 aromatic carbocycles. The topological polar surface area (TPSA) is 37.8 Å². The Morgan fingerprint density at radius 2 is 2.00 bits per heavy atom. The predicted octanol–water partition coefficient (Wildman–Crippen LogP) is 3.98. The van der Waals surface area contributed by atoms with Gasteiger partial charge in [-0.25, -0.2) is 9.97 Å². The normalized spacial score (nSPS) is 17.9. The van der Waals surface area contributed by atoms with Crippen LogP contribution < -0.4 is 5.32 Å². The molecular formula is C17H21N3. The Balaban J connectivity index is 1.77. The number of benzene rings is 1. The van der Waals surface area contributed by atoms with Crippen molar-refractivity contribution in [3.05, 3.63) is 47.8 Å². The van der Waals surface area contributed by atoms with Crippen molar-refractivity contribution >= 4 is 11.6 Å². The van der Waals surface area contributed by atoms with Crippen molar-refractivity contribution in [2.24, 2.45) is 11.8 Å². The number of nitrogens with one attached hydrogen (secondary N) is 1. The van der Waals surface area contributed by atoms with Gasteiger partial charge in [0.05, 0.1) is 0 Å². The zero-order valence-electron chi connectivity index (χ0n) is 12.1. The highest BCUT2D eigenvalue weighted by Crippen LogP contribution is 2.29. The minimum absolute atomic E-state index is 0.706. The Bertz CT molecular complexity index is 578. The van der Waals surface area contributed by atoms with Gasteiger partial charge in [0.25, 0.3) is 0 Å². The molecule has 0 saturated carbocycles. The highest BCUT2D eigenvalue weighted by Gasteiger charge is 2.22. The molecule has 3 rings (SSSR count). The van der Waals surface area contributed by atoms with E-state index >= 15 is 0 Å². The van der Waals surface area contributed by atoms with Crippen molar-refractivity contribution in [2.75, 3.05) is 5.32 Å². The molecule has 20 heavy (non-hydrogen) atoms. The van der Waals surface area contributed by atoms with Crippen LogP contribution in [0.1, 0.15) is 31.5 Å². The van der Waals surface area contributed by atoms with Gasteiger partial charge in [0, 0.05) is 17.6 Å². The average molecular weight is 267 g/mol. The summed E-state index contributed by atoms with van der Waals surface area (Å²) in [6, 6.07) is 10.1. The van der Waals surface area contributed by atoms with Gasteiger partial charge >= 0.3 is 0 Å². The second-order valence-corrected chi connectivity index (χ2v) is 5.90. The third-order valence-corrected chi connectivity index (χ3v) is 4.16. The monoisotopic (exact) mass is 267 g/mol. The first-order chi connectivity index (χ1) is 9.72. The van der Waals surface area contributed by atoms with Gasteiger partial charge in [-0.2, -0.15) is 0 Å². The van der Waals surface area contributed by atoms with Gasteiger partial charge in [-0.1, -0.05) is 32.0 Å². The lowest BCUT2D eigenvalue weighted by molar-refractivity contribution is 0.339. The summed E-state index contributed by atoms with van der Waals surface area (Å²) in [7, 11) is 0. The van der Waals surface area contributed by atoms with E-state index in [9.17, 15) is 0 Å². The molecule has 0 fully saturated rings. The van der Waals surface area contributed by atoms with Crippen LogP contribution in [0, 0.1) is 11.8 Å².